The van der Waals surface area contributed by atoms with E-state index in [0.29, 0.717) is 31.0 Å². The fourth-order valence-electron chi connectivity index (χ4n) is 3.96. The van der Waals surface area contributed by atoms with Crippen molar-refractivity contribution in [1.29, 1.82) is 0 Å². The quantitative estimate of drug-likeness (QED) is 0.429. The van der Waals surface area contributed by atoms with Gasteiger partial charge >= 0.3 is 0 Å². The molecule has 0 saturated carbocycles. The van der Waals surface area contributed by atoms with Gasteiger partial charge in [0.25, 0.3) is 0 Å². The van der Waals surface area contributed by atoms with Crippen LogP contribution in [0.2, 0.25) is 10.0 Å². The first-order valence-electron chi connectivity index (χ1n) is 10.2. The van der Waals surface area contributed by atoms with E-state index in [1.165, 1.54) is 28.8 Å². The van der Waals surface area contributed by atoms with E-state index >= 15 is 0 Å². The highest BCUT2D eigenvalue weighted by Crippen LogP contribution is 2.33. The maximum absolute atomic E-state index is 13.1. The van der Waals surface area contributed by atoms with Gasteiger partial charge in [-0.05, 0) is 61.6 Å². The molecular weight excluding hydrogens is 471 g/mol. The smallest absolute Gasteiger partial charge is 0.185 e. The van der Waals surface area contributed by atoms with Gasteiger partial charge in [0.1, 0.15) is 0 Å². The Bertz CT molecular complexity index is 1200. The number of aromatic nitrogens is 1. The number of sulfone groups is 1. The van der Waals surface area contributed by atoms with Crippen molar-refractivity contribution in [3.05, 3.63) is 74.2 Å². The van der Waals surface area contributed by atoms with Crippen LogP contribution in [0.3, 0.4) is 0 Å². The van der Waals surface area contributed by atoms with Crippen LogP contribution < -0.4 is 4.90 Å². The lowest BCUT2D eigenvalue weighted by molar-refractivity contribution is 0.529. The average Bonchev–Trinajstić information content (AvgIpc) is 3.20. The molecule has 1 aliphatic rings. The molecule has 2 aromatic carbocycles. The Kier molecular flexibility index (Phi) is 6.63. The molecule has 0 radical (unpaired) electrons. The van der Waals surface area contributed by atoms with Crippen molar-refractivity contribution in [2.75, 3.05) is 18.0 Å². The maximum Gasteiger partial charge on any atom is 0.185 e. The van der Waals surface area contributed by atoms with E-state index in [9.17, 15) is 8.42 Å². The zero-order valence-electron chi connectivity index (χ0n) is 17.4. The number of piperidine rings is 1. The molecule has 1 aliphatic heterocycles. The van der Waals surface area contributed by atoms with Gasteiger partial charge in [0.2, 0.25) is 0 Å². The van der Waals surface area contributed by atoms with Gasteiger partial charge in [-0.1, -0.05) is 41.4 Å². The van der Waals surface area contributed by atoms with Crippen LogP contribution in [0, 0.1) is 13.8 Å². The van der Waals surface area contributed by atoms with Gasteiger partial charge in [0.15, 0.2) is 15.0 Å². The number of nitrogens with zero attached hydrogens (tertiary/aromatic N) is 2. The number of hydrogen-bond acceptors (Lipinski definition) is 5. The van der Waals surface area contributed by atoms with E-state index in [1.807, 2.05) is 0 Å². The zero-order valence-corrected chi connectivity index (χ0v) is 20.6. The molecule has 4 rings (SSSR count). The summed E-state index contributed by atoms with van der Waals surface area (Å²) in [6.07, 6.45) is 1.91. The first-order chi connectivity index (χ1) is 14.8. The van der Waals surface area contributed by atoms with Crippen LogP contribution in [0.4, 0.5) is 5.13 Å². The summed E-state index contributed by atoms with van der Waals surface area (Å²) in [4.78, 5) is 7.18. The van der Waals surface area contributed by atoms with Gasteiger partial charge in [-0.15, -0.1) is 11.3 Å². The molecule has 0 bridgehead atoms. The first kappa shape index (κ1) is 22.6. The van der Waals surface area contributed by atoms with Crippen LogP contribution in [0.1, 0.15) is 35.2 Å². The molecule has 1 aromatic heterocycles. The summed E-state index contributed by atoms with van der Waals surface area (Å²) < 4.78 is 26.1. The third-order valence-corrected chi connectivity index (χ3v) is 9.91. The third kappa shape index (κ3) is 4.77. The van der Waals surface area contributed by atoms with E-state index < -0.39 is 15.1 Å². The topological polar surface area (TPSA) is 50.3 Å². The molecule has 0 aliphatic carbocycles. The molecule has 1 saturated heterocycles. The first-order valence-corrected chi connectivity index (χ1v) is 13.4. The molecule has 2 heterocycles. The molecule has 0 unspecified atom stereocenters. The minimum absolute atomic E-state index is 0.169. The van der Waals surface area contributed by atoms with Crippen molar-refractivity contribution in [2.24, 2.45) is 0 Å². The molecule has 1 fully saturated rings. The molecule has 0 atom stereocenters. The second-order valence-corrected chi connectivity index (χ2v) is 11.8. The summed E-state index contributed by atoms with van der Waals surface area (Å²) >= 11 is 13.7. The SMILES string of the molecule is Cc1cccc(Cc2csc(N3CCC(S(=O)(=O)c4ccc(Cl)cc4Cl)CC3)n2)c1C. The number of aryl methyl sites for hydroxylation is 1. The Morgan fingerprint density at radius 2 is 1.87 bits per heavy atom. The predicted molar refractivity (Wildman–Crippen MR) is 130 cm³/mol. The van der Waals surface area contributed by atoms with Crippen LogP contribution in [-0.2, 0) is 16.3 Å². The summed E-state index contributed by atoms with van der Waals surface area (Å²) in [6.45, 7) is 5.59. The number of rotatable bonds is 5. The highest BCUT2D eigenvalue weighted by molar-refractivity contribution is 7.92. The van der Waals surface area contributed by atoms with E-state index in [2.05, 4.69) is 42.3 Å². The number of thiazole rings is 1. The van der Waals surface area contributed by atoms with Crippen LogP contribution in [-0.4, -0.2) is 31.7 Å². The Labute approximate surface area is 197 Å². The van der Waals surface area contributed by atoms with Crippen molar-refractivity contribution in [2.45, 2.75) is 43.3 Å². The fourth-order valence-corrected chi connectivity index (χ4v) is 7.35. The van der Waals surface area contributed by atoms with Gasteiger partial charge in [-0.25, -0.2) is 13.4 Å². The fraction of sp³-hybridized carbons (Fsp3) is 0.348. The second-order valence-electron chi connectivity index (χ2n) is 7.96. The lowest BCUT2D eigenvalue weighted by Crippen LogP contribution is -2.39. The molecule has 4 nitrogen and oxygen atoms in total. The van der Waals surface area contributed by atoms with E-state index in [4.69, 9.17) is 28.2 Å². The molecular formula is C23H24Cl2N2O2S2. The van der Waals surface area contributed by atoms with Gasteiger partial charge in [-0.3, -0.25) is 0 Å². The van der Waals surface area contributed by atoms with Gasteiger partial charge in [0, 0.05) is 29.9 Å². The standard InChI is InChI=1S/C23H24Cl2N2O2S2/c1-15-4-3-5-17(16(15)2)12-19-14-30-23(26-19)27-10-8-20(9-11-27)31(28,29)22-7-6-18(24)13-21(22)25/h3-7,13-14,20H,8-12H2,1-2H3. The highest BCUT2D eigenvalue weighted by atomic mass is 35.5. The maximum atomic E-state index is 13.1. The van der Waals surface area contributed by atoms with E-state index in [1.54, 1.807) is 17.4 Å². The number of anilines is 1. The molecule has 0 N–H and O–H groups in total. The number of hydrogen-bond donors (Lipinski definition) is 0. The zero-order chi connectivity index (χ0) is 22.2. The monoisotopic (exact) mass is 494 g/mol. The van der Waals surface area contributed by atoms with Crippen LogP contribution in [0.25, 0.3) is 0 Å². The summed E-state index contributed by atoms with van der Waals surface area (Å²) in [5, 5.41) is 3.23. The Balaban J connectivity index is 1.43. The van der Waals surface area contributed by atoms with Crippen LogP contribution in [0.5, 0.6) is 0 Å². The minimum atomic E-state index is -3.49. The van der Waals surface area contributed by atoms with Crippen molar-refractivity contribution in [1.82, 2.24) is 4.98 Å². The molecule has 164 valence electrons. The second kappa shape index (κ2) is 9.10. The Morgan fingerprint density at radius 1 is 1.13 bits per heavy atom. The highest BCUT2D eigenvalue weighted by Gasteiger charge is 2.33. The normalized spacial score (nSPS) is 15.4. The molecule has 3 aromatic rings. The Morgan fingerprint density at radius 3 is 2.58 bits per heavy atom. The van der Waals surface area contributed by atoms with Gasteiger partial charge in [0.05, 0.1) is 20.9 Å². The van der Waals surface area contributed by atoms with Gasteiger partial charge in [-0.2, -0.15) is 0 Å². The Hall–Kier alpha value is -1.60. The van der Waals surface area contributed by atoms with E-state index in [0.717, 1.165) is 17.2 Å². The van der Waals surface area contributed by atoms with Crippen molar-refractivity contribution < 1.29 is 8.42 Å². The predicted octanol–water partition coefficient (Wildman–Crippen LogP) is 6.10. The van der Waals surface area contributed by atoms with Crippen molar-refractivity contribution in [3.8, 4) is 0 Å². The summed E-state index contributed by atoms with van der Waals surface area (Å²) in [5.41, 5.74) is 4.94. The molecule has 8 heteroatoms. The minimum Gasteiger partial charge on any atom is -0.348 e. The lowest BCUT2D eigenvalue weighted by Gasteiger charge is -2.31. The summed E-state index contributed by atoms with van der Waals surface area (Å²) in [5.74, 6) is 0. The summed E-state index contributed by atoms with van der Waals surface area (Å²) in [6, 6.07) is 10.9. The van der Waals surface area contributed by atoms with E-state index in [-0.39, 0.29) is 9.92 Å². The molecule has 31 heavy (non-hydrogen) atoms. The number of benzene rings is 2. The molecule has 0 spiro atoms. The largest absolute Gasteiger partial charge is 0.348 e. The average molecular weight is 495 g/mol. The van der Waals surface area contributed by atoms with Crippen molar-refractivity contribution in [3.63, 3.8) is 0 Å². The van der Waals surface area contributed by atoms with Crippen molar-refractivity contribution >= 4 is 49.5 Å². The van der Waals surface area contributed by atoms with Gasteiger partial charge < -0.3 is 4.90 Å². The van der Waals surface area contributed by atoms with Crippen LogP contribution >= 0.6 is 34.5 Å². The number of halogens is 2. The van der Waals surface area contributed by atoms with Crippen LogP contribution in [0.15, 0.2) is 46.7 Å². The lowest BCUT2D eigenvalue weighted by atomic mass is 10.0. The summed E-state index contributed by atoms with van der Waals surface area (Å²) in [7, 11) is -3.49. The third-order valence-electron chi connectivity index (χ3n) is 5.98. The molecule has 0 amide bonds.